The smallest absolute Gasteiger partial charge is 0.332 e. The molecule has 4 nitrogen and oxygen atoms in total. The number of rotatable bonds is 1. The molecule has 0 radical (unpaired) electrons. The lowest BCUT2D eigenvalue weighted by molar-refractivity contribution is 0.249. The van der Waals surface area contributed by atoms with Crippen molar-refractivity contribution >= 4 is 11.7 Å². The molecule has 66 valence electrons. The molecule has 0 aromatic carbocycles. The molecule has 2 amide bonds. The first kappa shape index (κ1) is 8.77. The molecule has 0 heterocycles. The third-order valence-electron chi connectivity index (χ3n) is 1.81. The van der Waals surface area contributed by atoms with Crippen LogP contribution in [0.2, 0.25) is 0 Å². The van der Waals surface area contributed by atoms with E-state index in [1.165, 1.54) is 0 Å². The zero-order valence-electron chi connectivity index (χ0n) is 7.29. The van der Waals surface area contributed by atoms with Crippen LogP contribution in [0.4, 0.5) is 4.79 Å². The SMILES string of the molecule is CC1=CC(C)C/C1=N\NC(N)=O. The van der Waals surface area contributed by atoms with E-state index in [0.717, 1.165) is 17.7 Å². The van der Waals surface area contributed by atoms with Crippen LogP contribution in [-0.2, 0) is 0 Å². The average Bonchev–Trinajstić information content (AvgIpc) is 2.26. The summed E-state index contributed by atoms with van der Waals surface area (Å²) in [4.78, 5) is 10.3. The van der Waals surface area contributed by atoms with Crippen LogP contribution in [0.3, 0.4) is 0 Å². The first-order valence-corrected chi connectivity index (χ1v) is 3.90. The predicted molar refractivity (Wildman–Crippen MR) is 47.7 cm³/mol. The standard InChI is InChI=1S/C8H13N3O/c1-5-3-6(2)7(4-5)10-11-8(9)12/h3,5H,4H2,1-2H3,(H3,9,11,12)/b10-7+. The number of carbonyl (C=O) groups is 1. The van der Waals surface area contributed by atoms with Gasteiger partial charge in [0, 0.05) is 0 Å². The highest BCUT2D eigenvalue weighted by Gasteiger charge is 2.15. The van der Waals surface area contributed by atoms with Crippen molar-refractivity contribution in [2.45, 2.75) is 20.3 Å². The minimum Gasteiger partial charge on any atom is -0.350 e. The highest BCUT2D eigenvalue weighted by atomic mass is 16.2. The van der Waals surface area contributed by atoms with Gasteiger partial charge in [0.05, 0.1) is 5.71 Å². The van der Waals surface area contributed by atoms with Crippen LogP contribution < -0.4 is 11.2 Å². The summed E-state index contributed by atoms with van der Waals surface area (Å²) in [7, 11) is 0. The second-order valence-electron chi connectivity index (χ2n) is 3.07. The first-order valence-electron chi connectivity index (χ1n) is 3.90. The van der Waals surface area contributed by atoms with Crippen molar-refractivity contribution in [3.8, 4) is 0 Å². The Morgan fingerprint density at radius 2 is 2.50 bits per heavy atom. The summed E-state index contributed by atoms with van der Waals surface area (Å²) >= 11 is 0. The van der Waals surface area contributed by atoms with Gasteiger partial charge in [0.1, 0.15) is 0 Å². The summed E-state index contributed by atoms with van der Waals surface area (Å²) in [5, 5.41) is 3.88. The fraction of sp³-hybridized carbons (Fsp3) is 0.500. The summed E-state index contributed by atoms with van der Waals surface area (Å²) in [5.74, 6) is 0.512. The van der Waals surface area contributed by atoms with Gasteiger partial charge in [0.15, 0.2) is 0 Å². The molecule has 0 fully saturated rings. The van der Waals surface area contributed by atoms with Crippen LogP contribution in [0.1, 0.15) is 20.3 Å². The predicted octanol–water partition coefficient (Wildman–Crippen LogP) is 0.997. The number of allylic oxidation sites excluding steroid dienone is 2. The molecule has 1 unspecified atom stereocenters. The Morgan fingerprint density at radius 1 is 1.83 bits per heavy atom. The van der Waals surface area contributed by atoms with Crippen LogP contribution in [-0.4, -0.2) is 11.7 Å². The van der Waals surface area contributed by atoms with E-state index in [1.807, 2.05) is 6.92 Å². The molecule has 0 saturated carbocycles. The molecule has 0 bridgehead atoms. The van der Waals surface area contributed by atoms with E-state index in [1.54, 1.807) is 0 Å². The first-order chi connectivity index (χ1) is 5.59. The second kappa shape index (κ2) is 3.38. The summed E-state index contributed by atoms with van der Waals surface area (Å²) in [6, 6.07) is -0.616. The van der Waals surface area contributed by atoms with Gasteiger partial charge in [-0.3, -0.25) is 0 Å². The van der Waals surface area contributed by atoms with Crippen LogP contribution in [0.15, 0.2) is 16.8 Å². The van der Waals surface area contributed by atoms with Crippen LogP contribution in [0.25, 0.3) is 0 Å². The van der Waals surface area contributed by atoms with Crippen molar-refractivity contribution in [1.82, 2.24) is 5.43 Å². The number of hydrazone groups is 1. The Kier molecular flexibility index (Phi) is 2.47. The Labute approximate surface area is 71.5 Å². The molecule has 0 aromatic heterocycles. The topological polar surface area (TPSA) is 67.5 Å². The number of primary amides is 1. The fourth-order valence-electron chi connectivity index (χ4n) is 1.30. The fourth-order valence-corrected chi connectivity index (χ4v) is 1.30. The molecule has 1 aliphatic carbocycles. The number of urea groups is 1. The quantitative estimate of drug-likeness (QED) is 0.562. The summed E-state index contributed by atoms with van der Waals surface area (Å²) in [6.07, 6.45) is 3.01. The number of nitrogens with two attached hydrogens (primary N) is 1. The Hall–Kier alpha value is -1.32. The lowest BCUT2D eigenvalue weighted by Crippen LogP contribution is -2.25. The molecule has 0 aromatic rings. The average molecular weight is 167 g/mol. The van der Waals surface area contributed by atoms with Crippen molar-refractivity contribution in [1.29, 1.82) is 0 Å². The van der Waals surface area contributed by atoms with E-state index in [0.29, 0.717) is 5.92 Å². The normalized spacial score (nSPS) is 25.7. The van der Waals surface area contributed by atoms with Crippen LogP contribution in [0.5, 0.6) is 0 Å². The van der Waals surface area contributed by atoms with Crippen molar-refractivity contribution < 1.29 is 4.79 Å². The third-order valence-corrected chi connectivity index (χ3v) is 1.81. The molecule has 1 rings (SSSR count). The zero-order valence-corrected chi connectivity index (χ0v) is 7.29. The molecule has 0 aliphatic heterocycles. The van der Waals surface area contributed by atoms with E-state index in [-0.39, 0.29) is 0 Å². The van der Waals surface area contributed by atoms with Crippen LogP contribution >= 0.6 is 0 Å². The maximum Gasteiger partial charge on any atom is 0.332 e. The Bertz CT molecular complexity index is 255. The lowest BCUT2D eigenvalue weighted by atomic mass is 10.1. The van der Waals surface area contributed by atoms with Gasteiger partial charge in [0.25, 0.3) is 0 Å². The molecule has 12 heavy (non-hydrogen) atoms. The molecule has 3 N–H and O–H groups in total. The largest absolute Gasteiger partial charge is 0.350 e. The van der Waals surface area contributed by atoms with Crippen LogP contribution in [0, 0.1) is 5.92 Å². The van der Waals surface area contributed by atoms with Gasteiger partial charge in [-0.05, 0) is 24.8 Å². The summed E-state index contributed by atoms with van der Waals surface area (Å²) < 4.78 is 0. The van der Waals surface area contributed by atoms with Gasteiger partial charge >= 0.3 is 6.03 Å². The monoisotopic (exact) mass is 167 g/mol. The van der Waals surface area contributed by atoms with Gasteiger partial charge < -0.3 is 5.73 Å². The van der Waals surface area contributed by atoms with Crippen molar-refractivity contribution in [3.05, 3.63) is 11.6 Å². The molecule has 1 atom stereocenters. The molecular formula is C8H13N3O. The van der Waals surface area contributed by atoms with Gasteiger partial charge in [-0.25, -0.2) is 10.2 Å². The van der Waals surface area contributed by atoms with Crippen molar-refractivity contribution in [2.24, 2.45) is 16.8 Å². The minimum absolute atomic E-state index is 0.512. The zero-order chi connectivity index (χ0) is 9.14. The van der Waals surface area contributed by atoms with E-state index in [2.05, 4.69) is 23.5 Å². The number of amides is 2. The lowest BCUT2D eigenvalue weighted by Gasteiger charge is -1.99. The third kappa shape index (κ3) is 2.08. The van der Waals surface area contributed by atoms with Gasteiger partial charge in [-0.2, -0.15) is 5.10 Å². The second-order valence-corrected chi connectivity index (χ2v) is 3.07. The van der Waals surface area contributed by atoms with Crippen molar-refractivity contribution in [3.63, 3.8) is 0 Å². The van der Waals surface area contributed by atoms with E-state index in [9.17, 15) is 4.79 Å². The summed E-state index contributed by atoms with van der Waals surface area (Å²) in [5.41, 5.74) is 9.14. The Morgan fingerprint density at radius 3 is 2.92 bits per heavy atom. The summed E-state index contributed by atoms with van der Waals surface area (Å²) in [6.45, 7) is 4.08. The Balaban J connectivity index is 2.60. The number of nitrogens with zero attached hydrogens (tertiary/aromatic N) is 1. The number of hydrogen-bond acceptors (Lipinski definition) is 2. The maximum absolute atomic E-state index is 10.3. The van der Waals surface area contributed by atoms with Crippen molar-refractivity contribution in [2.75, 3.05) is 0 Å². The molecule has 0 saturated heterocycles. The van der Waals surface area contributed by atoms with E-state index in [4.69, 9.17) is 5.73 Å². The minimum atomic E-state index is -0.616. The van der Waals surface area contributed by atoms with E-state index >= 15 is 0 Å². The maximum atomic E-state index is 10.3. The van der Waals surface area contributed by atoms with Gasteiger partial charge in [-0.15, -0.1) is 0 Å². The van der Waals surface area contributed by atoms with E-state index < -0.39 is 6.03 Å². The van der Waals surface area contributed by atoms with Gasteiger partial charge in [-0.1, -0.05) is 13.0 Å². The molecule has 0 spiro atoms. The highest BCUT2D eigenvalue weighted by Crippen LogP contribution is 2.20. The van der Waals surface area contributed by atoms with Gasteiger partial charge in [0.2, 0.25) is 0 Å². The molecule has 4 heteroatoms. The number of nitrogens with one attached hydrogen (secondary N) is 1. The molecule has 1 aliphatic rings. The number of carbonyl (C=O) groups excluding carboxylic acids is 1. The highest BCUT2D eigenvalue weighted by molar-refractivity contribution is 6.02. The molecular weight excluding hydrogens is 154 g/mol. The number of hydrogen-bond donors (Lipinski definition) is 2.